The van der Waals surface area contributed by atoms with Crippen LogP contribution in [-0.2, 0) is 10.0 Å². The summed E-state index contributed by atoms with van der Waals surface area (Å²) < 4.78 is 39.6. The minimum atomic E-state index is -3.59. The molecule has 6 nitrogen and oxygen atoms in total. The number of sulfonamides is 1. The summed E-state index contributed by atoms with van der Waals surface area (Å²) in [6.45, 7) is 2.68. The first-order chi connectivity index (χ1) is 12.9. The SMILES string of the molecule is C/C(=N/NC(=O)c1cccc(S(=O)(=O)N2CCCC2)c1)c1ccc(F)cc1. The van der Waals surface area contributed by atoms with Crippen LogP contribution < -0.4 is 5.43 Å². The number of nitrogens with one attached hydrogen (secondary N) is 1. The number of nitrogens with zero attached hydrogens (tertiary/aromatic N) is 2. The Bertz CT molecular complexity index is 966. The molecule has 0 spiro atoms. The van der Waals surface area contributed by atoms with E-state index in [0.717, 1.165) is 12.8 Å². The van der Waals surface area contributed by atoms with Gasteiger partial charge in [0.05, 0.1) is 10.6 Å². The molecule has 0 saturated carbocycles. The van der Waals surface area contributed by atoms with Gasteiger partial charge in [-0.2, -0.15) is 9.41 Å². The van der Waals surface area contributed by atoms with Crippen LogP contribution in [0.1, 0.15) is 35.7 Å². The zero-order valence-corrected chi connectivity index (χ0v) is 15.7. The minimum absolute atomic E-state index is 0.0938. The van der Waals surface area contributed by atoms with Gasteiger partial charge in [0.15, 0.2) is 0 Å². The number of hydrogen-bond acceptors (Lipinski definition) is 4. The summed E-state index contributed by atoms with van der Waals surface area (Å²) in [4.78, 5) is 12.4. The van der Waals surface area contributed by atoms with Gasteiger partial charge in [-0.25, -0.2) is 18.2 Å². The van der Waals surface area contributed by atoms with Crippen LogP contribution >= 0.6 is 0 Å². The molecule has 2 aromatic carbocycles. The lowest BCUT2D eigenvalue weighted by Gasteiger charge is -2.15. The molecule has 1 saturated heterocycles. The van der Waals surface area contributed by atoms with Crippen molar-refractivity contribution in [1.82, 2.24) is 9.73 Å². The van der Waals surface area contributed by atoms with Crippen molar-refractivity contribution in [2.45, 2.75) is 24.7 Å². The van der Waals surface area contributed by atoms with E-state index in [1.807, 2.05) is 0 Å². The highest BCUT2D eigenvalue weighted by molar-refractivity contribution is 7.89. The van der Waals surface area contributed by atoms with Gasteiger partial charge in [0.1, 0.15) is 5.82 Å². The van der Waals surface area contributed by atoms with Crippen molar-refractivity contribution in [2.24, 2.45) is 5.10 Å². The fraction of sp³-hybridized carbons (Fsp3) is 0.263. The van der Waals surface area contributed by atoms with Gasteiger partial charge in [0.2, 0.25) is 10.0 Å². The molecule has 27 heavy (non-hydrogen) atoms. The maximum Gasteiger partial charge on any atom is 0.271 e. The Labute approximate surface area is 157 Å². The molecule has 8 heteroatoms. The van der Waals surface area contributed by atoms with Gasteiger partial charge < -0.3 is 0 Å². The molecule has 1 heterocycles. The quantitative estimate of drug-likeness (QED) is 0.631. The molecule has 3 rings (SSSR count). The van der Waals surface area contributed by atoms with Crippen molar-refractivity contribution in [3.05, 3.63) is 65.5 Å². The van der Waals surface area contributed by atoms with Crippen molar-refractivity contribution in [3.63, 3.8) is 0 Å². The van der Waals surface area contributed by atoms with Crippen molar-refractivity contribution in [3.8, 4) is 0 Å². The molecule has 1 amide bonds. The highest BCUT2D eigenvalue weighted by Crippen LogP contribution is 2.21. The number of carbonyl (C=O) groups excluding carboxylic acids is 1. The second-order valence-electron chi connectivity index (χ2n) is 6.28. The van der Waals surface area contributed by atoms with Crippen LogP contribution in [0.25, 0.3) is 0 Å². The van der Waals surface area contributed by atoms with Gasteiger partial charge in [-0.1, -0.05) is 18.2 Å². The standard InChI is InChI=1S/C19H20FN3O3S/c1-14(15-7-9-17(20)10-8-15)21-22-19(24)16-5-4-6-18(13-16)27(25,26)23-11-2-3-12-23/h4-10,13H,2-3,11-12H2,1H3,(H,22,24)/b21-14-. The van der Waals surface area contributed by atoms with Crippen molar-refractivity contribution in [1.29, 1.82) is 0 Å². The van der Waals surface area contributed by atoms with Crippen LogP contribution in [0.3, 0.4) is 0 Å². The molecular formula is C19H20FN3O3S. The number of halogens is 1. The summed E-state index contributed by atoms with van der Waals surface area (Å²) in [5, 5.41) is 4.00. The molecule has 0 bridgehead atoms. The highest BCUT2D eigenvalue weighted by Gasteiger charge is 2.27. The predicted octanol–water partition coefficient (Wildman–Crippen LogP) is 2.76. The molecule has 1 aliphatic rings. The highest BCUT2D eigenvalue weighted by atomic mass is 32.2. The van der Waals surface area contributed by atoms with Crippen molar-refractivity contribution in [2.75, 3.05) is 13.1 Å². The Morgan fingerprint density at radius 2 is 1.74 bits per heavy atom. The molecule has 0 aliphatic carbocycles. The number of hydrazone groups is 1. The largest absolute Gasteiger partial charge is 0.271 e. The second kappa shape index (κ2) is 7.98. The van der Waals surface area contributed by atoms with E-state index in [9.17, 15) is 17.6 Å². The van der Waals surface area contributed by atoms with Gasteiger partial charge >= 0.3 is 0 Å². The first-order valence-electron chi connectivity index (χ1n) is 8.59. The molecule has 142 valence electrons. The predicted molar refractivity (Wildman–Crippen MR) is 101 cm³/mol. The van der Waals surface area contributed by atoms with Gasteiger partial charge in [0.25, 0.3) is 5.91 Å². The third-order valence-electron chi connectivity index (χ3n) is 4.39. The fourth-order valence-electron chi connectivity index (χ4n) is 2.83. The van der Waals surface area contributed by atoms with Gasteiger partial charge in [-0.3, -0.25) is 4.79 Å². The number of rotatable bonds is 5. The molecular weight excluding hydrogens is 369 g/mol. The van der Waals surface area contributed by atoms with Gasteiger partial charge in [-0.05, 0) is 55.7 Å². The average Bonchev–Trinajstić information content (AvgIpc) is 3.22. The zero-order valence-electron chi connectivity index (χ0n) is 14.9. The molecule has 1 aliphatic heterocycles. The summed E-state index contributed by atoms with van der Waals surface area (Å²) >= 11 is 0. The topological polar surface area (TPSA) is 78.8 Å². The van der Waals surface area contributed by atoms with E-state index in [2.05, 4.69) is 10.5 Å². The molecule has 0 unspecified atom stereocenters. The third-order valence-corrected chi connectivity index (χ3v) is 6.28. The average molecular weight is 389 g/mol. The van der Waals surface area contributed by atoms with Crippen molar-refractivity contribution >= 4 is 21.6 Å². The summed E-state index contributed by atoms with van der Waals surface area (Å²) in [7, 11) is -3.59. The maximum atomic E-state index is 13.0. The Balaban J connectivity index is 1.75. The lowest BCUT2D eigenvalue weighted by atomic mass is 10.1. The Morgan fingerprint density at radius 1 is 1.07 bits per heavy atom. The van der Waals surface area contributed by atoms with Crippen LogP contribution in [0.5, 0.6) is 0 Å². The summed E-state index contributed by atoms with van der Waals surface area (Å²) in [6.07, 6.45) is 1.69. The lowest BCUT2D eigenvalue weighted by Crippen LogP contribution is -2.28. The molecule has 0 aromatic heterocycles. The number of hydrogen-bond donors (Lipinski definition) is 1. The smallest absolute Gasteiger partial charge is 0.267 e. The van der Waals surface area contributed by atoms with Gasteiger partial charge in [-0.15, -0.1) is 0 Å². The van der Waals surface area contributed by atoms with E-state index in [1.165, 1.54) is 40.7 Å². The second-order valence-corrected chi connectivity index (χ2v) is 8.22. The maximum absolute atomic E-state index is 13.0. The first kappa shape index (κ1) is 19.2. The van der Waals surface area contributed by atoms with Gasteiger partial charge in [0, 0.05) is 18.7 Å². The lowest BCUT2D eigenvalue weighted by molar-refractivity contribution is 0.0954. The van der Waals surface area contributed by atoms with Crippen LogP contribution in [0.2, 0.25) is 0 Å². The van der Waals surface area contributed by atoms with E-state index in [1.54, 1.807) is 19.1 Å². The number of carbonyl (C=O) groups is 1. The summed E-state index contributed by atoms with van der Waals surface area (Å²) in [5.74, 6) is -0.874. The molecule has 1 fully saturated rings. The monoisotopic (exact) mass is 389 g/mol. The molecule has 0 atom stereocenters. The Kier molecular flexibility index (Phi) is 5.67. The Morgan fingerprint density at radius 3 is 2.41 bits per heavy atom. The summed E-state index contributed by atoms with van der Waals surface area (Å²) in [6, 6.07) is 11.6. The normalized spacial score (nSPS) is 15.7. The molecule has 1 N–H and O–H groups in total. The first-order valence-corrected chi connectivity index (χ1v) is 10.0. The van der Waals surface area contributed by atoms with E-state index >= 15 is 0 Å². The summed E-state index contributed by atoms with van der Waals surface area (Å²) in [5.41, 5.74) is 3.78. The van der Waals surface area contributed by atoms with Crippen LogP contribution in [0.15, 0.2) is 58.5 Å². The van der Waals surface area contributed by atoms with Crippen LogP contribution in [0, 0.1) is 5.82 Å². The van der Waals surface area contributed by atoms with Crippen LogP contribution in [0.4, 0.5) is 4.39 Å². The fourth-order valence-corrected chi connectivity index (χ4v) is 4.39. The zero-order chi connectivity index (χ0) is 19.4. The van der Waals surface area contributed by atoms with E-state index in [4.69, 9.17) is 0 Å². The Hall–Kier alpha value is -2.58. The van der Waals surface area contributed by atoms with Crippen molar-refractivity contribution < 1.29 is 17.6 Å². The van der Waals surface area contributed by atoms with E-state index in [0.29, 0.717) is 24.4 Å². The minimum Gasteiger partial charge on any atom is -0.267 e. The molecule has 2 aromatic rings. The molecule has 0 radical (unpaired) electrons. The van der Waals surface area contributed by atoms with E-state index < -0.39 is 15.9 Å². The number of benzene rings is 2. The van der Waals surface area contributed by atoms with Crippen LogP contribution in [-0.4, -0.2) is 37.4 Å². The number of amides is 1. The third kappa shape index (κ3) is 4.40. The van der Waals surface area contributed by atoms with E-state index in [-0.39, 0.29) is 16.3 Å².